The molecule has 0 radical (unpaired) electrons. The second-order valence-corrected chi connectivity index (χ2v) is 11.6. The summed E-state index contributed by atoms with van der Waals surface area (Å²) in [5.74, 6) is 0. The quantitative estimate of drug-likeness (QED) is 0.0678. The van der Waals surface area contributed by atoms with Gasteiger partial charge in [0.15, 0.2) is 0 Å². The van der Waals surface area contributed by atoms with Gasteiger partial charge in [-0.25, -0.2) is 0 Å². The second-order valence-electron chi connectivity index (χ2n) is 11.6. The Labute approximate surface area is 235 Å². The van der Waals surface area contributed by atoms with Crippen LogP contribution in [-0.4, -0.2) is 12.2 Å². The molecule has 0 aromatic heterocycles. The van der Waals surface area contributed by atoms with Crippen molar-refractivity contribution in [3.8, 4) is 0 Å². The smallest absolute Gasteiger partial charge is 0.0578 e. The molecule has 0 fully saturated rings. The van der Waals surface area contributed by atoms with Gasteiger partial charge in [0.25, 0.3) is 0 Å². The minimum absolute atomic E-state index is 0.478. The number of rotatable bonds is 30. The molecule has 0 N–H and O–H groups in total. The van der Waals surface area contributed by atoms with Crippen molar-refractivity contribution < 1.29 is 4.74 Å². The molecule has 0 heterocycles. The lowest BCUT2D eigenvalue weighted by Crippen LogP contribution is -2.22. The molecule has 2 unspecified atom stereocenters. The van der Waals surface area contributed by atoms with Crippen LogP contribution in [0.1, 0.15) is 195 Å². The van der Waals surface area contributed by atoms with E-state index >= 15 is 0 Å². The van der Waals surface area contributed by atoms with Gasteiger partial charge in [0.1, 0.15) is 0 Å². The van der Waals surface area contributed by atoms with Crippen LogP contribution in [0.5, 0.6) is 0 Å². The number of ether oxygens (including phenoxy) is 1. The molecule has 2 atom stereocenters. The summed E-state index contributed by atoms with van der Waals surface area (Å²) in [7, 11) is 0. The van der Waals surface area contributed by atoms with Gasteiger partial charge in [0.2, 0.25) is 0 Å². The van der Waals surface area contributed by atoms with Crippen LogP contribution in [0, 0.1) is 0 Å². The van der Waals surface area contributed by atoms with Crippen molar-refractivity contribution in [2.75, 3.05) is 0 Å². The molecule has 220 valence electrons. The summed E-state index contributed by atoms with van der Waals surface area (Å²) in [5, 5.41) is 0. The fourth-order valence-corrected chi connectivity index (χ4v) is 5.30. The fraction of sp³-hybridized carbons (Fsp3) is 0.889. The zero-order chi connectivity index (χ0) is 27.1. The summed E-state index contributed by atoms with van der Waals surface area (Å²) >= 11 is 0. The van der Waals surface area contributed by atoms with E-state index in [0.29, 0.717) is 12.2 Å². The van der Waals surface area contributed by atoms with E-state index in [9.17, 15) is 0 Å². The van der Waals surface area contributed by atoms with Gasteiger partial charge in [-0.05, 0) is 77.0 Å². The van der Waals surface area contributed by atoms with Crippen LogP contribution in [0.25, 0.3) is 0 Å². The van der Waals surface area contributed by atoms with Gasteiger partial charge in [-0.15, -0.1) is 0 Å². The molecule has 1 heteroatoms. The third-order valence-electron chi connectivity index (χ3n) is 7.68. The highest BCUT2D eigenvalue weighted by Gasteiger charge is 2.15. The highest BCUT2D eigenvalue weighted by Crippen LogP contribution is 2.20. The first-order chi connectivity index (χ1) is 18.3. The van der Waals surface area contributed by atoms with Crippen molar-refractivity contribution in [2.24, 2.45) is 0 Å². The van der Waals surface area contributed by atoms with E-state index in [2.05, 4.69) is 52.0 Å². The second kappa shape index (κ2) is 31.7. The van der Waals surface area contributed by atoms with Crippen LogP contribution in [0.3, 0.4) is 0 Å². The molecule has 0 rings (SSSR count). The molecular formula is C36H70O. The predicted molar refractivity (Wildman–Crippen MR) is 170 cm³/mol. The molecule has 0 bridgehead atoms. The molecule has 0 aromatic carbocycles. The number of hydrogen-bond donors (Lipinski definition) is 0. The van der Waals surface area contributed by atoms with Crippen molar-refractivity contribution in [3.63, 3.8) is 0 Å². The Hall–Kier alpha value is -0.560. The van der Waals surface area contributed by atoms with Gasteiger partial charge in [-0.1, -0.05) is 142 Å². The van der Waals surface area contributed by atoms with E-state index in [4.69, 9.17) is 4.74 Å². The van der Waals surface area contributed by atoms with Crippen LogP contribution < -0.4 is 0 Å². The first kappa shape index (κ1) is 36.4. The topological polar surface area (TPSA) is 9.23 Å². The van der Waals surface area contributed by atoms with Gasteiger partial charge < -0.3 is 4.74 Å². The van der Waals surface area contributed by atoms with Crippen molar-refractivity contribution >= 4 is 0 Å². The molecule has 1 nitrogen and oxygen atoms in total. The summed E-state index contributed by atoms with van der Waals surface area (Å²) in [6, 6.07) is 0. The summed E-state index contributed by atoms with van der Waals surface area (Å²) < 4.78 is 6.70. The molecule has 0 saturated carbocycles. The van der Waals surface area contributed by atoms with Crippen LogP contribution in [0.2, 0.25) is 0 Å². The van der Waals surface area contributed by atoms with Crippen LogP contribution >= 0.6 is 0 Å². The predicted octanol–water partition coefficient (Wildman–Crippen LogP) is 13.1. The van der Waals surface area contributed by atoms with Crippen molar-refractivity contribution in [3.05, 3.63) is 24.3 Å². The van der Waals surface area contributed by atoms with Gasteiger partial charge in [-0.3, -0.25) is 0 Å². The third-order valence-corrected chi connectivity index (χ3v) is 7.68. The van der Waals surface area contributed by atoms with E-state index < -0.39 is 0 Å². The maximum Gasteiger partial charge on any atom is 0.0578 e. The molecule has 0 saturated heterocycles. The Morgan fingerprint density at radius 1 is 0.351 bits per heavy atom. The lowest BCUT2D eigenvalue weighted by Gasteiger charge is -2.25. The molecule has 0 aliphatic heterocycles. The van der Waals surface area contributed by atoms with Crippen molar-refractivity contribution in [1.82, 2.24) is 0 Å². The average molecular weight is 519 g/mol. The van der Waals surface area contributed by atoms with E-state index in [1.54, 1.807) is 0 Å². The highest BCUT2D eigenvalue weighted by molar-refractivity contribution is 4.82. The average Bonchev–Trinajstić information content (AvgIpc) is 2.90. The summed E-state index contributed by atoms with van der Waals surface area (Å²) in [6.45, 7) is 9.21. The summed E-state index contributed by atoms with van der Waals surface area (Å²) in [4.78, 5) is 0. The Kier molecular flexibility index (Phi) is 31.2. The summed E-state index contributed by atoms with van der Waals surface area (Å²) in [6.07, 6.45) is 45.3. The Morgan fingerprint density at radius 3 is 1.03 bits per heavy atom. The number of allylic oxidation sites excluding steroid dienone is 4. The first-order valence-corrected chi connectivity index (χ1v) is 17.2. The third kappa shape index (κ3) is 28.3. The number of unbranched alkanes of at least 4 members (excludes halogenated alkanes) is 16. The molecule has 0 amide bonds. The Morgan fingerprint density at radius 2 is 0.676 bits per heavy atom. The highest BCUT2D eigenvalue weighted by atomic mass is 16.5. The molecule has 0 aliphatic carbocycles. The lowest BCUT2D eigenvalue weighted by atomic mass is 10.0. The summed E-state index contributed by atoms with van der Waals surface area (Å²) in [5.41, 5.74) is 0. The number of hydrogen-bond acceptors (Lipinski definition) is 1. The monoisotopic (exact) mass is 519 g/mol. The van der Waals surface area contributed by atoms with Crippen molar-refractivity contribution in [2.45, 2.75) is 207 Å². The zero-order valence-corrected chi connectivity index (χ0v) is 26.3. The SMILES string of the molecule is CCCCCCCCC=CCCCCC(CCC)OC(CCC)CCCCC=CCCCCCCCC. The van der Waals surface area contributed by atoms with E-state index in [1.165, 1.54) is 167 Å². The normalized spacial score (nSPS) is 13.7. The van der Waals surface area contributed by atoms with Gasteiger partial charge in [0.05, 0.1) is 12.2 Å². The first-order valence-electron chi connectivity index (χ1n) is 17.2. The standard InChI is InChI=1S/C36H70O/c1-5-9-11-13-15-17-19-21-23-25-27-29-33-35(31-7-3)37-36(32-8-4)34-30-28-26-24-22-20-18-16-14-12-10-6-2/h21-24,35-36H,5-20,25-34H2,1-4H3. The van der Waals surface area contributed by atoms with E-state index in [1.807, 2.05) is 0 Å². The fourth-order valence-electron chi connectivity index (χ4n) is 5.30. The maximum absolute atomic E-state index is 6.70. The van der Waals surface area contributed by atoms with Gasteiger partial charge in [-0.2, -0.15) is 0 Å². The van der Waals surface area contributed by atoms with E-state index in [-0.39, 0.29) is 0 Å². The molecule has 0 spiro atoms. The van der Waals surface area contributed by atoms with Crippen LogP contribution in [0.4, 0.5) is 0 Å². The van der Waals surface area contributed by atoms with Crippen molar-refractivity contribution in [1.29, 1.82) is 0 Å². The molecule has 0 aromatic rings. The maximum atomic E-state index is 6.70. The largest absolute Gasteiger partial charge is 0.375 e. The van der Waals surface area contributed by atoms with Crippen LogP contribution in [-0.2, 0) is 4.74 Å². The molecule has 0 aliphatic rings. The lowest BCUT2D eigenvalue weighted by molar-refractivity contribution is -0.0307. The Bertz CT molecular complexity index is 423. The van der Waals surface area contributed by atoms with Crippen LogP contribution in [0.15, 0.2) is 24.3 Å². The molecule has 37 heavy (non-hydrogen) atoms. The Balaban J connectivity index is 3.93. The zero-order valence-electron chi connectivity index (χ0n) is 26.3. The van der Waals surface area contributed by atoms with Gasteiger partial charge >= 0.3 is 0 Å². The molecular weight excluding hydrogens is 448 g/mol. The minimum atomic E-state index is 0.478. The minimum Gasteiger partial charge on any atom is -0.375 e. The van der Waals surface area contributed by atoms with E-state index in [0.717, 1.165) is 0 Å². The van der Waals surface area contributed by atoms with Gasteiger partial charge in [0, 0.05) is 0 Å².